The number of carbonyl (C=O) groups is 1. The van der Waals surface area contributed by atoms with Gasteiger partial charge in [0.05, 0.1) is 0 Å². The minimum Gasteiger partial charge on any atom is -0.357 e. The first kappa shape index (κ1) is 27.4. The lowest BCUT2D eigenvalue weighted by atomic mass is 9.98. The van der Waals surface area contributed by atoms with Crippen molar-refractivity contribution in [1.29, 1.82) is 0 Å². The number of sulfonamides is 1. The number of piperidine rings is 1. The molecule has 1 heterocycles. The molecule has 176 valence electrons. The zero-order chi connectivity index (χ0) is 22.2. The molecule has 0 bridgehead atoms. The number of nitrogens with zero attached hydrogens (tertiary/aromatic N) is 2. The molecular weight excluding hydrogens is 550 g/mol. The van der Waals surface area contributed by atoms with Crippen LogP contribution in [-0.4, -0.2) is 62.8 Å². The van der Waals surface area contributed by atoms with E-state index < -0.39 is 15.5 Å². The van der Waals surface area contributed by atoms with Gasteiger partial charge in [-0.1, -0.05) is 18.2 Å². The zero-order valence-electron chi connectivity index (χ0n) is 17.0. The monoisotopic (exact) mass is 577 g/mol. The fourth-order valence-electron chi connectivity index (χ4n) is 2.96. The van der Waals surface area contributed by atoms with Gasteiger partial charge in [-0.3, -0.25) is 4.79 Å². The molecule has 1 aliphatic heterocycles. The van der Waals surface area contributed by atoms with E-state index in [0.717, 1.165) is 0 Å². The van der Waals surface area contributed by atoms with Crippen molar-refractivity contribution in [3.8, 4) is 0 Å². The van der Waals surface area contributed by atoms with Crippen molar-refractivity contribution in [2.75, 3.05) is 38.0 Å². The molecule has 31 heavy (non-hydrogen) atoms. The van der Waals surface area contributed by atoms with E-state index >= 15 is 0 Å². The Bertz CT molecular complexity index is 830. The van der Waals surface area contributed by atoms with Gasteiger partial charge >= 0.3 is 15.5 Å². The van der Waals surface area contributed by atoms with E-state index in [1.165, 1.54) is 0 Å². The second kappa shape index (κ2) is 12.4. The topological polar surface area (TPSA) is 103 Å². The summed E-state index contributed by atoms with van der Waals surface area (Å²) in [5.74, 6) is 0.113. The van der Waals surface area contributed by atoms with E-state index in [2.05, 4.69) is 20.9 Å². The highest BCUT2D eigenvalue weighted by molar-refractivity contribution is 14.0. The van der Waals surface area contributed by atoms with Gasteiger partial charge < -0.3 is 16.0 Å². The summed E-state index contributed by atoms with van der Waals surface area (Å²) >= 11 is 0. The lowest BCUT2D eigenvalue weighted by Crippen LogP contribution is -2.47. The number of para-hydroxylation sites is 1. The summed E-state index contributed by atoms with van der Waals surface area (Å²) in [5.41, 5.74) is -4.61. The van der Waals surface area contributed by atoms with Crippen molar-refractivity contribution in [3.63, 3.8) is 0 Å². The minimum atomic E-state index is -5.27. The Hall–Kier alpha value is -1.61. The molecule has 0 spiro atoms. The lowest BCUT2D eigenvalue weighted by Gasteiger charge is -2.31. The summed E-state index contributed by atoms with van der Waals surface area (Å²) < 4.78 is 61.3. The van der Waals surface area contributed by atoms with Crippen LogP contribution in [0, 0.1) is 5.92 Å². The van der Waals surface area contributed by atoms with Crippen LogP contribution in [0.5, 0.6) is 0 Å². The number of anilines is 1. The number of guanidine groups is 1. The molecule has 0 unspecified atom stereocenters. The Balaban J connectivity index is 0.00000480. The number of amides is 1. The van der Waals surface area contributed by atoms with Crippen molar-refractivity contribution in [2.24, 2.45) is 10.9 Å². The van der Waals surface area contributed by atoms with Crippen LogP contribution in [0.2, 0.25) is 0 Å². The Morgan fingerprint density at radius 3 is 2.32 bits per heavy atom. The first-order valence-electron chi connectivity index (χ1n) is 9.57. The summed E-state index contributed by atoms with van der Waals surface area (Å²) in [7, 11) is -5.27. The van der Waals surface area contributed by atoms with Crippen LogP contribution in [0.25, 0.3) is 0 Å². The number of aliphatic imine (C=N–C) groups is 1. The third-order valence-corrected chi connectivity index (χ3v) is 6.18. The third kappa shape index (κ3) is 8.44. The first-order valence-corrected chi connectivity index (χ1v) is 11.0. The number of hydrogen-bond donors (Lipinski definition) is 3. The van der Waals surface area contributed by atoms with Crippen LogP contribution in [0.15, 0.2) is 35.3 Å². The van der Waals surface area contributed by atoms with Gasteiger partial charge in [0.25, 0.3) is 0 Å². The highest BCUT2D eigenvalue weighted by Gasteiger charge is 2.50. The second-order valence-corrected chi connectivity index (χ2v) is 8.71. The molecule has 1 aromatic carbocycles. The summed E-state index contributed by atoms with van der Waals surface area (Å²) in [6.07, 6.45) is 0.604. The summed E-state index contributed by atoms with van der Waals surface area (Å²) in [6, 6.07) is 8.96. The van der Waals surface area contributed by atoms with Crippen LogP contribution in [-0.2, 0) is 14.8 Å². The number of rotatable bonds is 7. The fourth-order valence-corrected chi connectivity index (χ4v) is 3.94. The normalized spacial score (nSPS) is 16.3. The average Bonchev–Trinajstić information content (AvgIpc) is 2.70. The molecule has 2 rings (SSSR count). The third-order valence-electron chi connectivity index (χ3n) is 4.55. The highest BCUT2D eigenvalue weighted by atomic mass is 127. The Labute approximate surface area is 197 Å². The molecule has 1 aliphatic rings. The predicted octanol–water partition coefficient (Wildman–Crippen LogP) is 2.36. The van der Waals surface area contributed by atoms with Crippen molar-refractivity contribution in [2.45, 2.75) is 25.3 Å². The van der Waals surface area contributed by atoms with Crippen LogP contribution < -0.4 is 16.0 Å². The number of hydrogen-bond acceptors (Lipinski definition) is 4. The molecule has 1 aromatic rings. The number of halogens is 4. The quantitative estimate of drug-likeness (QED) is 0.263. The number of carbonyl (C=O) groups excluding carboxylic acids is 1. The highest BCUT2D eigenvalue weighted by Crippen LogP contribution is 2.30. The van der Waals surface area contributed by atoms with Gasteiger partial charge in [-0.05, 0) is 37.8 Å². The Kier molecular flexibility index (Phi) is 11.0. The maximum absolute atomic E-state index is 12.6. The molecule has 1 saturated heterocycles. The molecule has 1 amide bonds. The van der Waals surface area contributed by atoms with Crippen LogP contribution in [0.1, 0.15) is 19.8 Å². The van der Waals surface area contributed by atoms with Crippen molar-refractivity contribution < 1.29 is 26.4 Å². The van der Waals surface area contributed by atoms with Crippen molar-refractivity contribution in [3.05, 3.63) is 30.3 Å². The zero-order valence-corrected chi connectivity index (χ0v) is 20.1. The van der Waals surface area contributed by atoms with E-state index in [1.807, 2.05) is 13.0 Å². The van der Waals surface area contributed by atoms with E-state index in [1.54, 1.807) is 24.3 Å². The fraction of sp³-hybridized carbons (Fsp3) is 0.556. The van der Waals surface area contributed by atoms with Gasteiger partial charge in [-0.15, -0.1) is 24.0 Å². The van der Waals surface area contributed by atoms with Crippen LogP contribution in [0.4, 0.5) is 18.9 Å². The van der Waals surface area contributed by atoms with Crippen LogP contribution >= 0.6 is 24.0 Å². The summed E-state index contributed by atoms with van der Waals surface area (Å²) in [5, 5.41) is 8.78. The largest absolute Gasteiger partial charge is 0.511 e. The molecule has 0 saturated carbocycles. The smallest absolute Gasteiger partial charge is 0.357 e. The number of alkyl halides is 3. The molecule has 13 heteroatoms. The SMILES string of the molecule is CCNC(=NCC(=O)Nc1ccccc1)NCC1CCN(S(=O)(=O)C(F)(F)F)CC1.I. The predicted molar refractivity (Wildman–Crippen MR) is 124 cm³/mol. The van der Waals surface area contributed by atoms with Crippen LogP contribution in [0.3, 0.4) is 0 Å². The van der Waals surface area contributed by atoms with E-state index in [0.29, 0.717) is 41.9 Å². The molecule has 3 N–H and O–H groups in total. The second-order valence-electron chi connectivity index (χ2n) is 6.78. The van der Waals surface area contributed by atoms with E-state index in [-0.39, 0.29) is 55.4 Å². The molecule has 0 aliphatic carbocycles. The maximum Gasteiger partial charge on any atom is 0.511 e. The van der Waals surface area contributed by atoms with Gasteiger partial charge in [0, 0.05) is 31.9 Å². The van der Waals surface area contributed by atoms with Crippen molar-refractivity contribution in [1.82, 2.24) is 14.9 Å². The summed E-state index contributed by atoms with van der Waals surface area (Å²) in [4.78, 5) is 16.2. The van der Waals surface area contributed by atoms with E-state index in [9.17, 15) is 26.4 Å². The first-order chi connectivity index (χ1) is 14.1. The molecule has 8 nitrogen and oxygen atoms in total. The number of nitrogens with one attached hydrogen (secondary N) is 3. The molecule has 0 aromatic heterocycles. The molecular formula is C18H27F3IN5O3S. The van der Waals surface area contributed by atoms with Gasteiger partial charge in [0.1, 0.15) is 6.54 Å². The average molecular weight is 577 g/mol. The summed E-state index contributed by atoms with van der Waals surface area (Å²) in [6.45, 7) is 2.37. The van der Waals surface area contributed by atoms with Gasteiger partial charge in [0.2, 0.25) is 5.91 Å². The van der Waals surface area contributed by atoms with Gasteiger partial charge in [-0.2, -0.15) is 17.5 Å². The minimum absolute atomic E-state index is 0. The van der Waals surface area contributed by atoms with Crippen molar-refractivity contribution >= 4 is 51.6 Å². The molecule has 0 radical (unpaired) electrons. The lowest BCUT2D eigenvalue weighted by molar-refractivity contribution is -0.114. The molecule has 1 fully saturated rings. The Morgan fingerprint density at radius 2 is 1.77 bits per heavy atom. The maximum atomic E-state index is 12.6. The molecule has 0 atom stereocenters. The van der Waals surface area contributed by atoms with E-state index in [4.69, 9.17) is 0 Å². The van der Waals surface area contributed by atoms with Gasteiger partial charge in [0.15, 0.2) is 5.96 Å². The van der Waals surface area contributed by atoms with Gasteiger partial charge in [-0.25, -0.2) is 13.4 Å². The standard InChI is InChI=1S/C18H26F3N5O3S.HI/c1-2-22-17(24-13-16(27)25-15-6-4-3-5-7-15)23-12-14-8-10-26(11-9-14)30(28,29)18(19,20)21;/h3-7,14H,2,8-13H2,1H3,(H,25,27)(H2,22,23,24);1H. The number of benzene rings is 1. The Morgan fingerprint density at radius 1 is 1.16 bits per heavy atom.